The van der Waals surface area contributed by atoms with Crippen LogP contribution in [-0.4, -0.2) is 26.2 Å². The summed E-state index contributed by atoms with van der Waals surface area (Å²) in [4.78, 5) is 8.46. The average molecular weight is 296 g/mol. The van der Waals surface area contributed by atoms with Gasteiger partial charge in [0.25, 0.3) is 0 Å². The van der Waals surface area contributed by atoms with Crippen molar-refractivity contribution >= 4 is 22.8 Å². The molecule has 1 unspecified atom stereocenters. The number of H-pyrrole nitrogens is 1. The van der Waals surface area contributed by atoms with E-state index in [4.69, 9.17) is 5.73 Å². The Bertz CT molecular complexity index is 779. The number of benzene rings is 1. The molecular weight excluding hydrogens is 276 g/mol. The molecule has 0 saturated heterocycles. The van der Waals surface area contributed by atoms with Gasteiger partial charge >= 0.3 is 0 Å². The van der Waals surface area contributed by atoms with Crippen LogP contribution >= 0.6 is 0 Å². The molecule has 1 aromatic carbocycles. The summed E-state index contributed by atoms with van der Waals surface area (Å²) in [5.41, 5.74) is 9.07. The van der Waals surface area contributed by atoms with Gasteiger partial charge in [0.1, 0.15) is 5.82 Å². The van der Waals surface area contributed by atoms with E-state index in [1.807, 2.05) is 0 Å². The Morgan fingerprint density at radius 1 is 1.27 bits per heavy atom. The summed E-state index contributed by atoms with van der Waals surface area (Å²) in [5, 5.41) is 11.2. The summed E-state index contributed by atoms with van der Waals surface area (Å²) in [6, 6.07) is 8.72. The average Bonchev–Trinajstić information content (AvgIpc) is 2.97. The molecule has 0 aliphatic rings. The number of aromatic amines is 1. The Kier molecular flexibility index (Phi) is 3.91. The van der Waals surface area contributed by atoms with Gasteiger partial charge in [-0.1, -0.05) is 31.2 Å². The van der Waals surface area contributed by atoms with Crippen LogP contribution in [0.5, 0.6) is 0 Å². The van der Waals surface area contributed by atoms with Crippen molar-refractivity contribution in [2.45, 2.75) is 32.7 Å². The highest BCUT2D eigenvalue weighted by Crippen LogP contribution is 2.21. The molecule has 0 radical (unpaired) electrons. The highest BCUT2D eigenvalue weighted by Gasteiger charge is 2.13. The maximum absolute atomic E-state index is 5.77. The van der Waals surface area contributed by atoms with Crippen LogP contribution in [0.25, 0.3) is 11.0 Å². The van der Waals surface area contributed by atoms with E-state index in [0.29, 0.717) is 5.65 Å². The predicted molar refractivity (Wildman–Crippen MR) is 88.7 cm³/mol. The zero-order valence-corrected chi connectivity index (χ0v) is 12.8. The van der Waals surface area contributed by atoms with Crippen molar-refractivity contribution in [2.75, 3.05) is 11.1 Å². The highest BCUT2D eigenvalue weighted by molar-refractivity contribution is 5.86. The number of nitrogens with one attached hydrogen (secondary N) is 2. The number of rotatable bonds is 5. The monoisotopic (exact) mass is 296 g/mol. The number of aryl methyl sites for hydroxylation is 1. The molecule has 22 heavy (non-hydrogen) atoms. The SMILES string of the molecule is CCC(Cc1ccccc1C)Nc1nc(N)nc2[nH]ncc12. The summed E-state index contributed by atoms with van der Waals surface area (Å²) < 4.78 is 0. The highest BCUT2D eigenvalue weighted by atomic mass is 15.2. The summed E-state index contributed by atoms with van der Waals surface area (Å²) in [6.45, 7) is 4.30. The first-order valence-corrected chi connectivity index (χ1v) is 7.45. The first-order valence-electron chi connectivity index (χ1n) is 7.45. The molecule has 0 amide bonds. The van der Waals surface area contributed by atoms with Gasteiger partial charge in [-0.05, 0) is 30.9 Å². The smallest absolute Gasteiger partial charge is 0.224 e. The summed E-state index contributed by atoms with van der Waals surface area (Å²) in [5.74, 6) is 0.974. The fraction of sp³-hybridized carbons (Fsp3) is 0.312. The van der Waals surface area contributed by atoms with Crippen LogP contribution in [0.3, 0.4) is 0 Å². The standard InChI is InChI=1S/C16H20N6/c1-3-12(8-11-7-5-4-6-10(11)2)19-14-13-9-18-22-15(13)21-16(17)20-14/h4-7,9,12H,3,8H2,1-2H3,(H4,17,18,19,20,21,22). The minimum absolute atomic E-state index is 0.241. The van der Waals surface area contributed by atoms with Crippen molar-refractivity contribution in [1.29, 1.82) is 0 Å². The van der Waals surface area contributed by atoms with E-state index in [2.05, 4.69) is 63.6 Å². The zero-order valence-electron chi connectivity index (χ0n) is 12.8. The summed E-state index contributed by atoms with van der Waals surface area (Å²) in [6.07, 6.45) is 3.64. The van der Waals surface area contributed by atoms with Crippen LogP contribution in [0.1, 0.15) is 24.5 Å². The number of nitrogens with two attached hydrogens (primary N) is 1. The number of anilines is 2. The molecule has 6 heteroatoms. The van der Waals surface area contributed by atoms with Crippen molar-refractivity contribution in [1.82, 2.24) is 20.2 Å². The second-order valence-corrected chi connectivity index (χ2v) is 5.44. The van der Waals surface area contributed by atoms with E-state index in [-0.39, 0.29) is 12.0 Å². The number of fused-ring (bicyclic) bond motifs is 1. The molecule has 2 heterocycles. The lowest BCUT2D eigenvalue weighted by molar-refractivity contribution is 0.686. The first kappa shape index (κ1) is 14.3. The molecule has 3 aromatic rings. The number of nitrogen functional groups attached to an aromatic ring is 1. The van der Waals surface area contributed by atoms with Gasteiger partial charge in [0, 0.05) is 6.04 Å². The third-order valence-corrected chi connectivity index (χ3v) is 3.89. The van der Waals surface area contributed by atoms with Gasteiger partial charge < -0.3 is 11.1 Å². The molecule has 0 bridgehead atoms. The van der Waals surface area contributed by atoms with E-state index < -0.39 is 0 Å². The van der Waals surface area contributed by atoms with E-state index in [9.17, 15) is 0 Å². The molecule has 0 fully saturated rings. The quantitative estimate of drug-likeness (QED) is 0.673. The maximum Gasteiger partial charge on any atom is 0.224 e. The molecule has 114 valence electrons. The van der Waals surface area contributed by atoms with Crippen LogP contribution in [0.2, 0.25) is 0 Å². The van der Waals surface area contributed by atoms with Crippen molar-refractivity contribution in [3.8, 4) is 0 Å². The minimum Gasteiger partial charge on any atom is -0.368 e. The van der Waals surface area contributed by atoms with Crippen molar-refractivity contribution in [3.63, 3.8) is 0 Å². The van der Waals surface area contributed by atoms with Gasteiger partial charge in [0.2, 0.25) is 5.95 Å². The van der Waals surface area contributed by atoms with Crippen LogP contribution < -0.4 is 11.1 Å². The number of nitrogens with zero attached hydrogens (tertiary/aromatic N) is 3. The summed E-state index contributed by atoms with van der Waals surface area (Å²) >= 11 is 0. The normalized spacial score (nSPS) is 12.5. The molecule has 0 saturated carbocycles. The molecule has 3 rings (SSSR count). The zero-order chi connectivity index (χ0) is 15.5. The van der Waals surface area contributed by atoms with Crippen molar-refractivity contribution in [2.24, 2.45) is 0 Å². The lowest BCUT2D eigenvalue weighted by atomic mass is 9.99. The van der Waals surface area contributed by atoms with E-state index >= 15 is 0 Å². The molecule has 6 nitrogen and oxygen atoms in total. The van der Waals surface area contributed by atoms with E-state index in [1.54, 1.807) is 6.20 Å². The Morgan fingerprint density at radius 3 is 2.86 bits per heavy atom. The Labute approximate surface area is 129 Å². The van der Waals surface area contributed by atoms with Gasteiger partial charge in [0.15, 0.2) is 5.65 Å². The van der Waals surface area contributed by atoms with Gasteiger partial charge in [-0.25, -0.2) is 0 Å². The molecule has 0 aliphatic heterocycles. The maximum atomic E-state index is 5.77. The van der Waals surface area contributed by atoms with Crippen LogP contribution in [0, 0.1) is 6.92 Å². The van der Waals surface area contributed by atoms with E-state index in [0.717, 1.165) is 24.0 Å². The Balaban J connectivity index is 1.85. The van der Waals surface area contributed by atoms with Crippen LogP contribution in [0.15, 0.2) is 30.5 Å². The fourth-order valence-electron chi connectivity index (χ4n) is 2.56. The van der Waals surface area contributed by atoms with Crippen molar-refractivity contribution in [3.05, 3.63) is 41.6 Å². The largest absolute Gasteiger partial charge is 0.368 e. The first-order chi connectivity index (χ1) is 10.7. The van der Waals surface area contributed by atoms with Gasteiger partial charge in [0.05, 0.1) is 11.6 Å². The molecule has 2 aromatic heterocycles. The molecule has 4 N–H and O–H groups in total. The summed E-state index contributed by atoms with van der Waals surface area (Å²) in [7, 11) is 0. The van der Waals surface area contributed by atoms with Gasteiger partial charge in [-0.3, -0.25) is 5.10 Å². The molecular formula is C16H20N6. The van der Waals surface area contributed by atoms with Gasteiger partial charge in [-0.15, -0.1) is 0 Å². The Hall–Kier alpha value is -2.63. The minimum atomic E-state index is 0.241. The van der Waals surface area contributed by atoms with E-state index in [1.165, 1.54) is 11.1 Å². The third-order valence-electron chi connectivity index (χ3n) is 3.89. The number of hydrogen-bond donors (Lipinski definition) is 3. The number of aromatic nitrogens is 4. The third kappa shape index (κ3) is 2.86. The van der Waals surface area contributed by atoms with Gasteiger partial charge in [-0.2, -0.15) is 15.1 Å². The molecule has 0 spiro atoms. The van der Waals surface area contributed by atoms with Crippen LogP contribution in [-0.2, 0) is 6.42 Å². The second-order valence-electron chi connectivity index (χ2n) is 5.44. The van der Waals surface area contributed by atoms with Crippen molar-refractivity contribution < 1.29 is 0 Å². The molecule has 1 atom stereocenters. The second kappa shape index (κ2) is 6.01. The Morgan fingerprint density at radius 2 is 2.09 bits per heavy atom. The lowest BCUT2D eigenvalue weighted by Crippen LogP contribution is -2.23. The lowest BCUT2D eigenvalue weighted by Gasteiger charge is -2.19. The topological polar surface area (TPSA) is 92.5 Å². The molecule has 0 aliphatic carbocycles. The predicted octanol–water partition coefficient (Wildman–Crippen LogP) is 2.68. The van der Waals surface area contributed by atoms with Crippen LogP contribution in [0.4, 0.5) is 11.8 Å². The fourth-order valence-corrected chi connectivity index (χ4v) is 2.56. The number of hydrogen-bond acceptors (Lipinski definition) is 5.